The molecule has 1 atom stereocenters. The van der Waals surface area contributed by atoms with Crippen molar-refractivity contribution in [3.8, 4) is 5.75 Å². The molecule has 0 fully saturated rings. The van der Waals surface area contributed by atoms with E-state index in [2.05, 4.69) is 64.2 Å². The fourth-order valence-electron chi connectivity index (χ4n) is 2.10. The van der Waals surface area contributed by atoms with Crippen LogP contribution >= 0.6 is 0 Å². The Kier molecular flexibility index (Phi) is 6.36. The minimum atomic E-state index is -0.182. The zero-order valence-corrected chi connectivity index (χ0v) is 13.1. The maximum Gasteiger partial charge on any atom is 0.123 e. The van der Waals surface area contributed by atoms with Crippen LogP contribution in [0.1, 0.15) is 58.9 Å². The molecule has 1 aromatic rings. The summed E-state index contributed by atoms with van der Waals surface area (Å²) in [4.78, 5) is 0. The number of ether oxygens (including phenoxy) is 1. The van der Waals surface area contributed by atoms with E-state index in [-0.39, 0.29) is 5.60 Å². The largest absolute Gasteiger partial charge is 0.486 e. The molecule has 19 heavy (non-hydrogen) atoms. The van der Waals surface area contributed by atoms with E-state index in [4.69, 9.17) is 4.74 Å². The van der Waals surface area contributed by atoms with Crippen LogP contribution < -0.4 is 10.1 Å². The van der Waals surface area contributed by atoms with Crippen LogP contribution in [0.4, 0.5) is 0 Å². The second kappa shape index (κ2) is 7.54. The molecule has 2 nitrogen and oxygen atoms in total. The van der Waals surface area contributed by atoms with Gasteiger partial charge in [-0.05, 0) is 50.8 Å². The molecule has 0 saturated carbocycles. The SMILES string of the molecule is CCCNCC(C)(C)Oc1ccccc1C(C)CC. The van der Waals surface area contributed by atoms with Gasteiger partial charge in [-0.1, -0.05) is 39.0 Å². The highest BCUT2D eigenvalue weighted by Crippen LogP contribution is 2.30. The average molecular weight is 263 g/mol. The Labute approximate surface area is 118 Å². The first-order valence-electron chi connectivity index (χ1n) is 7.48. The summed E-state index contributed by atoms with van der Waals surface area (Å²) in [5.74, 6) is 1.57. The van der Waals surface area contributed by atoms with E-state index in [9.17, 15) is 0 Å². The monoisotopic (exact) mass is 263 g/mol. The second-order valence-corrected chi connectivity index (χ2v) is 5.89. The van der Waals surface area contributed by atoms with Gasteiger partial charge in [-0.15, -0.1) is 0 Å². The first-order chi connectivity index (χ1) is 9.00. The Hall–Kier alpha value is -1.02. The Morgan fingerprint density at radius 1 is 1.21 bits per heavy atom. The molecule has 0 aromatic heterocycles. The average Bonchev–Trinajstić information content (AvgIpc) is 2.38. The molecule has 1 N–H and O–H groups in total. The van der Waals surface area contributed by atoms with Gasteiger partial charge in [-0.2, -0.15) is 0 Å². The van der Waals surface area contributed by atoms with Crippen molar-refractivity contribution in [3.63, 3.8) is 0 Å². The smallest absolute Gasteiger partial charge is 0.123 e. The van der Waals surface area contributed by atoms with Crippen LogP contribution in [0.15, 0.2) is 24.3 Å². The molecule has 0 amide bonds. The number of para-hydroxylation sites is 1. The van der Waals surface area contributed by atoms with Crippen molar-refractivity contribution >= 4 is 0 Å². The molecule has 2 heteroatoms. The normalized spacial score (nSPS) is 13.3. The lowest BCUT2D eigenvalue weighted by molar-refractivity contribution is 0.106. The molecule has 0 heterocycles. The van der Waals surface area contributed by atoms with Gasteiger partial charge >= 0.3 is 0 Å². The van der Waals surface area contributed by atoms with Crippen molar-refractivity contribution < 1.29 is 4.74 Å². The standard InChI is InChI=1S/C17H29NO/c1-6-12-18-13-17(4,5)19-16-11-9-8-10-15(16)14(3)7-2/h8-11,14,18H,6-7,12-13H2,1-5H3. The van der Waals surface area contributed by atoms with E-state index in [0.29, 0.717) is 5.92 Å². The van der Waals surface area contributed by atoms with Crippen LogP contribution in [0.5, 0.6) is 5.75 Å². The third-order valence-electron chi connectivity index (χ3n) is 3.43. The summed E-state index contributed by atoms with van der Waals surface area (Å²) in [6.45, 7) is 12.8. The molecular weight excluding hydrogens is 234 g/mol. The lowest BCUT2D eigenvalue weighted by Crippen LogP contribution is -2.40. The van der Waals surface area contributed by atoms with Gasteiger partial charge < -0.3 is 10.1 Å². The molecule has 0 aliphatic heterocycles. The van der Waals surface area contributed by atoms with Crippen molar-refractivity contribution in [1.29, 1.82) is 0 Å². The highest BCUT2D eigenvalue weighted by molar-refractivity contribution is 5.36. The molecular formula is C17H29NO. The molecule has 0 aliphatic carbocycles. The molecule has 1 aromatic carbocycles. The quantitative estimate of drug-likeness (QED) is 0.704. The molecule has 0 aliphatic rings. The molecule has 108 valence electrons. The summed E-state index contributed by atoms with van der Waals surface area (Å²) in [5.41, 5.74) is 1.13. The lowest BCUT2D eigenvalue weighted by atomic mass is 9.97. The van der Waals surface area contributed by atoms with E-state index >= 15 is 0 Å². The van der Waals surface area contributed by atoms with Gasteiger partial charge in [0.15, 0.2) is 0 Å². The summed E-state index contributed by atoms with van der Waals surface area (Å²) in [6.07, 6.45) is 2.29. The van der Waals surface area contributed by atoms with Crippen molar-refractivity contribution in [2.45, 2.75) is 59.0 Å². The minimum absolute atomic E-state index is 0.182. The van der Waals surface area contributed by atoms with Gasteiger partial charge in [0.25, 0.3) is 0 Å². The first kappa shape index (κ1) is 16.0. The van der Waals surface area contributed by atoms with Crippen molar-refractivity contribution in [3.05, 3.63) is 29.8 Å². The summed E-state index contributed by atoms with van der Waals surface area (Å²) in [6, 6.07) is 8.41. The van der Waals surface area contributed by atoms with Crippen LogP contribution in [-0.2, 0) is 0 Å². The predicted octanol–water partition coefficient (Wildman–Crippen LogP) is 4.36. The van der Waals surface area contributed by atoms with Gasteiger partial charge in [-0.3, -0.25) is 0 Å². The van der Waals surface area contributed by atoms with Gasteiger partial charge in [0.1, 0.15) is 11.4 Å². The molecule has 0 saturated heterocycles. The fraction of sp³-hybridized carbons (Fsp3) is 0.647. The fourth-order valence-corrected chi connectivity index (χ4v) is 2.10. The maximum atomic E-state index is 6.24. The maximum absolute atomic E-state index is 6.24. The minimum Gasteiger partial charge on any atom is -0.486 e. The Bertz CT molecular complexity index is 373. The van der Waals surface area contributed by atoms with Crippen molar-refractivity contribution in [2.75, 3.05) is 13.1 Å². The zero-order valence-electron chi connectivity index (χ0n) is 13.1. The molecule has 0 radical (unpaired) electrons. The Morgan fingerprint density at radius 2 is 1.89 bits per heavy atom. The summed E-state index contributed by atoms with van der Waals surface area (Å²) in [7, 11) is 0. The van der Waals surface area contributed by atoms with E-state index in [1.165, 1.54) is 5.56 Å². The van der Waals surface area contributed by atoms with E-state index in [0.717, 1.165) is 31.7 Å². The highest BCUT2D eigenvalue weighted by atomic mass is 16.5. The number of nitrogens with one attached hydrogen (secondary N) is 1. The second-order valence-electron chi connectivity index (χ2n) is 5.89. The van der Waals surface area contributed by atoms with E-state index in [1.54, 1.807) is 0 Å². The van der Waals surface area contributed by atoms with Crippen LogP contribution in [-0.4, -0.2) is 18.7 Å². The molecule has 1 unspecified atom stereocenters. The number of hydrogen-bond acceptors (Lipinski definition) is 2. The summed E-state index contributed by atoms with van der Waals surface area (Å²) < 4.78 is 6.24. The Balaban J connectivity index is 2.75. The van der Waals surface area contributed by atoms with Crippen LogP contribution in [0.3, 0.4) is 0 Å². The molecule has 1 rings (SSSR count). The topological polar surface area (TPSA) is 21.3 Å². The van der Waals surface area contributed by atoms with Crippen molar-refractivity contribution in [2.24, 2.45) is 0 Å². The van der Waals surface area contributed by atoms with Crippen molar-refractivity contribution in [1.82, 2.24) is 5.32 Å². The van der Waals surface area contributed by atoms with Crippen LogP contribution in [0, 0.1) is 0 Å². The lowest BCUT2D eigenvalue weighted by Gasteiger charge is -2.29. The van der Waals surface area contributed by atoms with Crippen LogP contribution in [0.25, 0.3) is 0 Å². The summed E-state index contributed by atoms with van der Waals surface area (Å²) >= 11 is 0. The van der Waals surface area contributed by atoms with Crippen LogP contribution in [0.2, 0.25) is 0 Å². The molecule has 0 spiro atoms. The first-order valence-corrected chi connectivity index (χ1v) is 7.48. The van der Waals surface area contributed by atoms with E-state index in [1.807, 2.05) is 0 Å². The third-order valence-corrected chi connectivity index (χ3v) is 3.43. The van der Waals surface area contributed by atoms with Gasteiger partial charge in [0.05, 0.1) is 0 Å². The van der Waals surface area contributed by atoms with Gasteiger partial charge in [0, 0.05) is 6.54 Å². The molecule has 0 bridgehead atoms. The zero-order chi connectivity index (χ0) is 14.3. The van der Waals surface area contributed by atoms with Gasteiger partial charge in [-0.25, -0.2) is 0 Å². The predicted molar refractivity (Wildman–Crippen MR) is 83.0 cm³/mol. The number of rotatable bonds is 8. The number of benzene rings is 1. The Morgan fingerprint density at radius 3 is 2.53 bits per heavy atom. The number of hydrogen-bond donors (Lipinski definition) is 1. The highest BCUT2D eigenvalue weighted by Gasteiger charge is 2.21. The summed E-state index contributed by atoms with van der Waals surface area (Å²) in [5, 5.41) is 3.43. The van der Waals surface area contributed by atoms with E-state index < -0.39 is 0 Å². The van der Waals surface area contributed by atoms with Gasteiger partial charge in [0.2, 0.25) is 0 Å². The third kappa shape index (κ3) is 5.23.